The number of hydrogen-bond acceptors (Lipinski definition) is 6. The third kappa shape index (κ3) is 3.01. The summed E-state index contributed by atoms with van der Waals surface area (Å²) >= 11 is 3.28. The van der Waals surface area contributed by atoms with Crippen LogP contribution < -0.4 is 10.1 Å². The molecule has 16 heavy (non-hydrogen) atoms. The lowest BCUT2D eigenvalue weighted by Gasteiger charge is -1.98. The molecule has 0 fully saturated rings. The van der Waals surface area contributed by atoms with E-state index in [1.807, 2.05) is 13.0 Å². The molecular formula is C10H13N3OS2. The molecule has 2 aromatic heterocycles. The number of nitrogens with zero attached hydrogens (tertiary/aromatic N) is 2. The summed E-state index contributed by atoms with van der Waals surface area (Å²) in [4.78, 5) is 1.26. The minimum absolute atomic E-state index is 0.770. The Hall–Kier alpha value is -0.980. The van der Waals surface area contributed by atoms with Crippen molar-refractivity contribution < 1.29 is 4.74 Å². The van der Waals surface area contributed by atoms with Crippen LogP contribution in [0.1, 0.15) is 14.9 Å². The highest BCUT2D eigenvalue weighted by Crippen LogP contribution is 2.23. The molecule has 2 aromatic rings. The average molecular weight is 255 g/mol. The Kier molecular flexibility index (Phi) is 3.87. The van der Waals surface area contributed by atoms with E-state index < -0.39 is 0 Å². The lowest BCUT2D eigenvalue weighted by Crippen LogP contribution is -2.11. The van der Waals surface area contributed by atoms with Crippen LogP contribution in [0.5, 0.6) is 5.06 Å². The zero-order chi connectivity index (χ0) is 11.4. The molecule has 6 heteroatoms. The SMILES string of the molecule is COc1ccc(CNCc2nnc(C)s2)s1. The molecule has 0 atom stereocenters. The summed E-state index contributed by atoms with van der Waals surface area (Å²) in [5, 5.41) is 14.3. The van der Waals surface area contributed by atoms with Gasteiger partial charge in [0.25, 0.3) is 0 Å². The van der Waals surface area contributed by atoms with Crippen LogP contribution in [0.3, 0.4) is 0 Å². The van der Waals surface area contributed by atoms with Gasteiger partial charge in [-0.05, 0) is 19.1 Å². The van der Waals surface area contributed by atoms with Gasteiger partial charge in [-0.15, -0.1) is 32.9 Å². The van der Waals surface area contributed by atoms with Crippen molar-refractivity contribution in [3.63, 3.8) is 0 Å². The number of aromatic nitrogens is 2. The third-order valence-corrected chi connectivity index (χ3v) is 3.87. The lowest BCUT2D eigenvalue weighted by molar-refractivity contribution is 0.427. The van der Waals surface area contributed by atoms with Gasteiger partial charge in [-0.3, -0.25) is 0 Å². The van der Waals surface area contributed by atoms with Gasteiger partial charge in [0.2, 0.25) is 0 Å². The van der Waals surface area contributed by atoms with Crippen molar-refractivity contribution in [1.82, 2.24) is 15.5 Å². The van der Waals surface area contributed by atoms with Crippen molar-refractivity contribution in [2.45, 2.75) is 20.0 Å². The number of aryl methyl sites for hydroxylation is 1. The lowest BCUT2D eigenvalue weighted by atomic mass is 10.4. The van der Waals surface area contributed by atoms with Gasteiger partial charge in [-0.25, -0.2) is 0 Å². The van der Waals surface area contributed by atoms with E-state index in [2.05, 4.69) is 21.6 Å². The topological polar surface area (TPSA) is 47.0 Å². The molecular weight excluding hydrogens is 242 g/mol. The van der Waals surface area contributed by atoms with Crippen molar-refractivity contribution in [1.29, 1.82) is 0 Å². The van der Waals surface area contributed by atoms with Crippen LogP contribution in [0.15, 0.2) is 12.1 Å². The van der Waals surface area contributed by atoms with Crippen LogP contribution >= 0.6 is 22.7 Å². The third-order valence-electron chi connectivity index (χ3n) is 1.98. The van der Waals surface area contributed by atoms with Gasteiger partial charge in [0.05, 0.1) is 13.7 Å². The molecule has 0 saturated carbocycles. The van der Waals surface area contributed by atoms with Gasteiger partial charge in [0.1, 0.15) is 10.0 Å². The maximum atomic E-state index is 5.13. The van der Waals surface area contributed by atoms with Crippen LogP contribution in [0.4, 0.5) is 0 Å². The van der Waals surface area contributed by atoms with Crippen molar-refractivity contribution in [2.75, 3.05) is 7.11 Å². The van der Waals surface area contributed by atoms with Crippen LogP contribution in [-0.2, 0) is 13.1 Å². The van der Waals surface area contributed by atoms with E-state index in [1.165, 1.54) is 4.88 Å². The smallest absolute Gasteiger partial charge is 0.173 e. The van der Waals surface area contributed by atoms with Crippen molar-refractivity contribution >= 4 is 22.7 Å². The molecule has 0 radical (unpaired) electrons. The minimum atomic E-state index is 0.770. The van der Waals surface area contributed by atoms with E-state index in [0.29, 0.717) is 0 Å². The number of thiophene rings is 1. The molecule has 0 aliphatic rings. The second-order valence-corrected chi connectivity index (χ2v) is 5.64. The number of rotatable bonds is 5. The summed E-state index contributed by atoms with van der Waals surface area (Å²) in [5.41, 5.74) is 0. The maximum absolute atomic E-state index is 5.13. The van der Waals surface area contributed by atoms with Gasteiger partial charge >= 0.3 is 0 Å². The summed E-state index contributed by atoms with van der Waals surface area (Å²) in [7, 11) is 1.69. The first-order valence-electron chi connectivity index (χ1n) is 4.90. The predicted octanol–water partition coefficient (Wildman–Crippen LogP) is 2.21. The molecule has 0 bridgehead atoms. The highest BCUT2D eigenvalue weighted by molar-refractivity contribution is 7.13. The van der Waals surface area contributed by atoms with Crippen molar-refractivity contribution in [3.05, 3.63) is 27.0 Å². The summed E-state index contributed by atoms with van der Waals surface area (Å²) in [6.45, 7) is 3.57. The van der Waals surface area contributed by atoms with Gasteiger partial charge in [-0.1, -0.05) is 0 Å². The summed E-state index contributed by atoms with van der Waals surface area (Å²) in [6.07, 6.45) is 0. The molecule has 86 valence electrons. The van der Waals surface area contributed by atoms with Gasteiger partial charge in [-0.2, -0.15) is 0 Å². The number of nitrogens with one attached hydrogen (secondary N) is 1. The number of ether oxygens (including phenoxy) is 1. The highest BCUT2D eigenvalue weighted by Gasteiger charge is 2.02. The normalized spacial score (nSPS) is 10.6. The minimum Gasteiger partial charge on any atom is -0.487 e. The van der Waals surface area contributed by atoms with Crippen LogP contribution in [0.2, 0.25) is 0 Å². The van der Waals surface area contributed by atoms with E-state index in [0.717, 1.165) is 28.2 Å². The summed E-state index contributed by atoms with van der Waals surface area (Å²) < 4.78 is 5.13. The van der Waals surface area contributed by atoms with E-state index in [4.69, 9.17) is 4.74 Å². The standard InChI is InChI=1S/C10H13N3OS2/c1-7-12-13-9(15-7)6-11-5-8-3-4-10(14-2)16-8/h3-4,11H,5-6H2,1-2H3. The van der Waals surface area contributed by atoms with Gasteiger partial charge < -0.3 is 10.1 Å². The zero-order valence-corrected chi connectivity index (χ0v) is 10.8. The summed E-state index contributed by atoms with van der Waals surface area (Å²) in [6, 6.07) is 4.05. The fourth-order valence-electron chi connectivity index (χ4n) is 1.26. The Morgan fingerprint density at radius 3 is 2.75 bits per heavy atom. The molecule has 2 rings (SSSR count). The fourth-order valence-corrected chi connectivity index (χ4v) is 2.73. The Bertz CT molecular complexity index is 452. The molecule has 0 unspecified atom stereocenters. The summed E-state index contributed by atoms with van der Waals surface area (Å²) in [5.74, 6) is 0. The van der Waals surface area contributed by atoms with Crippen molar-refractivity contribution in [2.24, 2.45) is 0 Å². The van der Waals surface area contributed by atoms with E-state index in [-0.39, 0.29) is 0 Å². The van der Waals surface area contributed by atoms with E-state index in [9.17, 15) is 0 Å². The van der Waals surface area contributed by atoms with Gasteiger partial charge in [0, 0.05) is 11.4 Å². The van der Waals surface area contributed by atoms with Crippen LogP contribution in [0.25, 0.3) is 0 Å². The van der Waals surface area contributed by atoms with Crippen LogP contribution in [-0.4, -0.2) is 17.3 Å². The highest BCUT2D eigenvalue weighted by atomic mass is 32.1. The molecule has 0 spiro atoms. The molecule has 0 aliphatic carbocycles. The maximum Gasteiger partial charge on any atom is 0.173 e. The van der Waals surface area contributed by atoms with Gasteiger partial charge in [0.15, 0.2) is 5.06 Å². The molecule has 4 nitrogen and oxygen atoms in total. The monoisotopic (exact) mass is 255 g/mol. The molecule has 1 N–H and O–H groups in total. The average Bonchev–Trinajstić information content (AvgIpc) is 2.88. The Morgan fingerprint density at radius 2 is 2.12 bits per heavy atom. The Morgan fingerprint density at radius 1 is 1.25 bits per heavy atom. The molecule has 0 saturated heterocycles. The number of methoxy groups -OCH3 is 1. The van der Waals surface area contributed by atoms with Crippen molar-refractivity contribution in [3.8, 4) is 5.06 Å². The molecule has 0 amide bonds. The largest absolute Gasteiger partial charge is 0.487 e. The first-order valence-corrected chi connectivity index (χ1v) is 6.53. The molecule has 0 aromatic carbocycles. The first kappa shape index (κ1) is 11.5. The Balaban J connectivity index is 1.79. The van der Waals surface area contributed by atoms with E-state index in [1.54, 1.807) is 29.8 Å². The first-order chi connectivity index (χ1) is 7.78. The quantitative estimate of drug-likeness (QED) is 0.890. The van der Waals surface area contributed by atoms with E-state index >= 15 is 0 Å². The fraction of sp³-hybridized carbons (Fsp3) is 0.400. The number of hydrogen-bond donors (Lipinski definition) is 1. The zero-order valence-electron chi connectivity index (χ0n) is 9.19. The second kappa shape index (κ2) is 5.38. The molecule has 2 heterocycles. The molecule has 0 aliphatic heterocycles. The Labute approximate surface area is 102 Å². The second-order valence-electron chi connectivity index (χ2n) is 3.24. The van der Waals surface area contributed by atoms with Crippen LogP contribution in [0, 0.1) is 6.92 Å². The predicted molar refractivity (Wildman–Crippen MR) is 66.1 cm³/mol.